The maximum Gasteiger partial charge on any atom is 0.281 e. The Hall–Kier alpha value is -3.25. The molecule has 1 saturated carbocycles. The predicted molar refractivity (Wildman–Crippen MR) is 164 cm³/mol. The van der Waals surface area contributed by atoms with Crippen LogP contribution in [0.5, 0.6) is 0 Å². The molecule has 12 heteroatoms. The van der Waals surface area contributed by atoms with Gasteiger partial charge in [0.05, 0.1) is 5.56 Å². The summed E-state index contributed by atoms with van der Waals surface area (Å²) >= 11 is 0. The van der Waals surface area contributed by atoms with Crippen LogP contribution in [0.25, 0.3) is 0 Å². The van der Waals surface area contributed by atoms with E-state index in [1.54, 1.807) is 29.2 Å². The molecule has 4 bridgehead atoms. The lowest BCUT2D eigenvalue weighted by molar-refractivity contribution is -0.127. The number of nitrogens with zero attached hydrogens (tertiary/aromatic N) is 4. The number of anilines is 3. The fraction of sp³-hybridized carbons (Fsp3) is 0.613. The van der Waals surface area contributed by atoms with E-state index in [1.165, 1.54) is 31.7 Å². The Morgan fingerprint density at radius 2 is 1.84 bits per heavy atom. The molecule has 3 fully saturated rings. The normalized spacial score (nSPS) is 25.5. The lowest BCUT2D eigenvalue weighted by atomic mass is 9.93. The first kappa shape index (κ1) is 29.8. The van der Waals surface area contributed by atoms with E-state index < -0.39 is 22.0 Å². The Labute approximate surface area is 253 Å². The minimum absolute atomic E-state index is 0.125. The minimum Gasteiger partial charge on any atom is -0.370 e. The van der Waals surface area contributed by atoms with E-state index in [1.807, 2.05) is 0 Å². The van der Waals surface area contributed by atoms with Crippen molar-refractivity contribution in [1.82, 2.24) is 14.7 Å². The summed E-state index contributed by atoms with van der Waals surface area (Å²) < 4.78 is 34.7. The Kier molecular flexibility index (Phi) is 8.34. The van der Waals surface area contributed by atoms with Crippen molar-refractivity contribution < 1.29 is 22.7 Å². The van der Waals surface area contributed by atoms with Crippen LogP contribution in [0.15, 0.2) is 35.4 Å². The van der Waals surface area contributed by atoms with Crippen LogP contribution in [0.2, 0.25) is 0 Å². The van der Waals surface area contributed by atoms with Gasteiger partial charge in [0.15, 0.2) is 5.03 Å². The van der Waals surface area contributed by atoms with E-state index in [0.717, 1.165) is 25.7 Å². The maximum atomic E-state index is 13.6. The Morgan fingerprint density at radius 3 is 2.65 bits per heavy atom. The summed E-state index contributed by atoms with van der Waals surface area (Å²) in [6.07, 6.45) is 8.86. The summed E-state index contributed by atoms with van der Waals surface area (Å²) in [6.45, 7) is 6.61. The molecule has 5 heterocycles. The number of hydrogen-bond donors (Lipinski definition) is 2. The molecule has 2 aromatic heterocycles. The maximum absolute atomic E-state index is 13.6. The van der Waals surface area contributed by atoms with E-state index in [0.29, 0.717) is 62.0 Å². The number of carbonyl (C=O) groups excluding carboxylic acids is 2. The van der Waals surface area contributed by atoms with E-state index in [-0.39, 0.29) is 22.0 Å². The highest BCUT2D eigenvalue weighted by Gasteiger charge is 2.42. The average molecular weight is 611 g/mol. The average Bonchev–Trinajstić information content (AvgIpc) is 3.69. The summed E-state index contributed by atoms with van der Waals surface area (Å²) in [7, 11) is -4.25. The largest absolute Gasteiger partial charge is 0.370 e. The predicted octanol–water partition coefficient (Wildman–Crippen LogP) is 4.11. The highest BCUT2D eigenvalue weighted by Crippen LogP contribution is 2.40. The van der Waals surface area contributed by atoms with Crippen LogP contribution in [0.1, 0.15) is 82.0 Å². The van der Waals surface area contributed by atoms with Crippen LogP contribution in [-0.4, -0.2) is 68.1 Å². The van der Waals surface area contributed by atoms with Gasteiger partial charge in [-0.15, -0.1) is 0 Å². The molecule has 0 aromatic carbocycles. The number of fused-ring (bicyclic) bond motifs is 6. The molecule has 1 unspecified atom stereocenters. The number of amides is 2. The molecule has 2 saturated heterocycles. The van der Waals surface area contributed by atoms with Gasteiger partial charge in [-0.1, -0.05) is 31.7 Å². The van der Waals surface area contributed by atoms with Gasteiger partial charge >= 0.3 is 0 Å². The highest BCUT2D eigenvalue weighted by molar-refractivity contribution is 7.90. The van der Waals surface area contributed by atoms with Crippen LogP contribution < -0.4 is 19.8 Å². The topological polar surface area (TPSA) is 134 Å². The van der Waals surface area contributed by atoms with Crippen molar-refractivity contribution in [3.05, 3.63) is 35.9 Å². The van der Waals surface area contributed by atoms with Crippen LogP contribution in [0.3, 0.4) is 0 Å². The molecule has 2 aromatic rings. The van der Waals surface area contributed by atoms with E-state index in [2.05, 4.69) is 33.8 Å². The second-order valence-electron chi connectivity index (χ2n) is 13.0. The zero-order valence-electron chi connectivity index (χ0n) is 25.0. The monoisotopic (exact) mass is 610 g/mol. The van der Waals surface area contributed by atoms with Crippen LogP contribution in [0, 0.1) is 11.8 Å². The third-order valence-corrected chi connectivity index (χ3v) is 10.6. The van der Waals surface area contributed by atoms with Gasteiger partial charge in [0.1, 0.15) is 23.6 Å². The third kappa shape index (κ3) is 6.35. The lowest BCUT2D eigenvalue weighted by Crippen LogP contribution is -2.41. The molecule has 11 nitrogen and oxygen atoms in total. The molecule has 6 rings (SSSR count). The number of nitrogens with one attached hydrogen (secondary N) is 2. The van der Waals surface area contributed by atoms with Gasteiger partial charge < -0.3 is 15.0 Å². The van der Waals surface area contributed by atoms with Crippen molar-refractivity contribution in [3.8, 4) is 0 Å². The lowest BCUT2D eigenvalue weighted by Gasteiger charge is -2.34. The molecule has 3 aliphatic heterocycles. The molecular weight excluding hydrogens is 568 g/mol. The van der Waals surface area contributed by atoms with Crippen LogP contribution >= 0.6 is 0 Å². The van der Waals surface area contributed by atoms with Gasteiger partial charge in [0.2, 0.25) is 0 Å². The third-order valence-electron chi connectivity index (χ3n) is 9.39. The molecule has 0 spiro atoms. The second kappa shape index (κ2) is 12.0. The summed E-state index contributed by atoms with van der Waals surface area (Å²) in [5.41, 5.74) is -0.192. The zero-order valence-corrected chi connectivity index (χ0v) is 25.9. The number of sulfonamides is 1. The molecule has 43 heavy (non-hydrogen) atoms. The summed E-state index contributed by atoms with van der Waals surface area (Å²) in [6, 6.07) is 7.88. The van der Waals surface area contributed by atoms with Gasteiger partial charge in [0.25, 0.3) is 21.8 Å². The highest BCUT2D eigenvalue weighted by atomic mass is 32.2. The SMILES string of the molecule is CC1(C)C[C@@H]2CCCNc3cccc(n3)S(=O)(=O)NC(=O)c3ccc(N4CCC(OCCC5CCCC5)C4=O)nc3N1C2. The van der Waals surface area contributed by atoms with Crippen molar-refractivity contribution in [2.24, 2.45) is 11.8 Å². The van der Waals surface area contributed by atoms with E-state index in [4.69, 9.17) is 9.72 Å². The molecule has 0 radical (unpaired) electrons. The number of pyridine rings is 2. The Bertz CT molecular complexity index is 1470. The molecule has 2 N–H and O–H groups in total. The second-order valence-corrected chi connectivity index (χ2v) is 14.6. The minimum atomic E-state index is -4.25. The van der Waals surface area contributed by atoms with Gasteiger partial charge in [-0.05, 0) is 75.6 Å². The molecule has 2 amide bonds. The number of ether oxygens (including phenoxy) is 1. The fourth-order valence-corrected chi connectivity index (χ4v) is 8.07. The zero-order chi connectivity index (χ0) is 30.2. The van der Waals surface area contributed by atoms with Crippen molar-refractivity contribution >= 4 is 39.3 Å². The van der Waals surface area contributed by atoms with E-state index in [9.17, 15) is 18.0 Å². The van der Waals surface area contributed by atoms with E-state index >= 15 is 0 Å². The number of aromatic nitrogens is 2. The first-order valence-electron chi connectivity index (χ1n) is 15.6. The first-order valence-corrected chi connectivity index (χ1v) is 17.1. The van der Waals surface area contributed by atoms with Crippen LogP contribution in [-0.2, 0) is 19.6 Å². The van der Waals surface area contributed by atoms with Gasteiger partial charge in [-0.3, -0.25) is 14.5 Å². The number of rotatable bonds is 5. The smallest absolute Gasteiger partial charge is 0.281 e. The first-order chi connectivity index (χ1) is 20.6. The summed E-state index contributed by atoms with van der Waals surface area (Å²) in [5.74, 6) is 1.41. The van der Waals surface area contributed by atoms with Crippen molar-refractivity contribution in [1.29, 1.82) is 0 Å². The Morgan fingerprint density at radius 1 is 1.02 bits per heavy atom. The number of hydrogen-bond acceptors (Lipinski definition) is 9. The molecule has 232 valence electrons. The molecular formula is C31H42N6O5S. The number of carbonyl (C=O) groups is 2. The van der Waals surface area contributed by atoms with Crippen LogP contribution in [0.4, 0.5) is 17.5 Å². The van der Waals surface area contributed by atoms with Crippen molar-refractivity contribution in [2.45, 2.75) is 88.3 Å². The fourth-order valence-electron chi connectivity index (χ4n) is 7.14. The Balaban J connectivity index is 1.29. The summed E-state index contributed by atoms with van der Waals surface area (Å²) in [4.78, 5) is 39.9. The van der Waals surface area contributed by atoms with Crippen molar-refractivity contribution in [3.63, 3.8) is 0 Å². The standard InChI is InChI=1S/C31H42N6O5S/c1-31(2)19-22-9-6-16-32-25-10-5-11-27(33-25)43(40,41)35-29(38)23-12-13-26(34-28(23)37(31)20-22)36-17-14-24(30(36)39)42-18-15-21-7-3-4-8-21/h5,10-13,21-22,24H,3-4,6-9,14-20H2,1-2H3,(H,32,33)(H,35,38)/t22-,24?/m0/s1. The molecule has 1 aliphatic carbocycles. The van der Waals surface area contributed by atoms with Crippen molar-refractivity contribution in [2.75, 3.05) is 41.4 Å². The van der Waals surface area contributed by atoms with Gasteiger partial charge in [0, 0.05) is 38.2 Å². The quantitative estimate of drug-likeness (QED) is 0.513. The summed E-state index contributed by atoms with van der Waals surface area (Å²) in [5, 5.41) is 2.97. The van der Waals surface area contributed by atoms with Gasteiger partial charge in [-0.25, -0.2) is 14.7 Å². The molecule has 2 atom stereocenters. The molecule has 4 aliphatic rings. The van der Waals surface area contributed by atoms with Gasteiger partial charge in [-0.2, -0.15) is 8.42 Å².